The Bertz CT molecular complexity index is 636. The topological polar surface area (TPSA) is 65.2 Å². The van der Waals surface area contributed by atoms with Crippen molar-refractivity contribution in [1.82, 2.24) is 10.1 Å². The Kier molecular flexibility index (Phi) is 4.43. The molecule has 0 fully saturated rings. The third kappa shape index (κ3) is 3.30. The first-order chi connectivity index (χ1) is 9.86. The summed E-state index contributed by atoms with van der Waals surface area (Å²) < 4.78 is 46.5. The van der Waals surface area contributed by atoms with E-state index in [4.69, 9.17) is 4.74 Å². The first-order valence-corrected chi connectivity index (χ1v) is 6.75. The Balaban J connectivity index is 2.27. The van der Waals surface area contributed by atoms with Gasteiger partial charge in [-0.2, -0.15) is 18.2 Å². The van der Waals surface area contributed by atoms with Crippen LogP contribution in [0.2, 0.25) is 0 Å². The van der Waals surface area contributed by atoms with Crippen molar-refractivity contribution in [2.45, 2.75) is 25.6 Å². The fourth-order valence-electron chi connectivity index (χ4n) is 1.64. The normalized spacial score (nSPS) is 13.4. The molecule has 21 heavy (non-hydrogen) atoms. The van der Waals surface area contributed by atoms with Gasteiger partial charge in [-0.05, 0) is 12.1 Å². The van der Waals surface area contributed by atoms with E-state index in [0.717, 1.165) is 11.3 Å². The molecule has 2 rings (SSSR count). The van der Waals surface area contributed by atoms with Crippen LogP contribution in [-0.2, 0) is 15.7 Å². The molecule has 0 saturated carbocycles. The largest absolute Gasteiger partial charge is 0.471 e. The number of ketones is 1. The van der Waals surface area contributed by atoms with E-state index in [9.17, 15) is 18.0 Å². The van der Waals surface area contributed by atoms with Gasteiger partial charge in [0.05, 0.1) is 4.88 Å². The maximum absolute atomic E-state index is 12.4. The summed E-state index contributed by atoms with van der Waals surface area (Å²) in [7, 11) is 1.40. The minimum Gasteiger partial charge on any atom is -0.368 e. The van der Waals surface area contributed by atoms with Gasteiger partial charge in [0.2, 0.25) is 5.82 Å². The zero-order valence-corrected chi connectivity index (χ0v) is 11.9. The summed E-state index contributed by atoms with van der Waals surface area (Å²) in [5, 5.41) is 3.29. The standard InChI is InChI=1S/C12H11F3N2O3S/c1-3-6(18)9(19-2)7-4-5-8(21-7)10-16-11(20-17-10)12(13,14)15/h4-5,9H,3H2,1-2H3. The van der Waals surface area contributed by atoms with Gasteiger partial charge < -0.3 is 9.26 Å². The Hall–Kier alpha value is -1.74. The number of hydrogen-bond acceptors (Lipinski definition) is 6. The summed E-state index contributed by atoms with van der Waals surface area (Å²) in [5.41, 5.74) is 0. The molecule has 0 aliphatic heterocycles. The zero-order valence-electron chi connectivity index (χ0n) is 11.1. The van der Waals surface area contributed by atoms with Crippen LogP contribution in [0.3, 0.4) is 0 Å². The van der Waals surface area contributed by atoms with E-state index in [2.05, 4.69) is 14.7 Å². The lowest BCUT2D eigenvalue weighted by Crippen LogP contribution is -2.11. The Labute approximate surface area is 121 Å². The summed E-state index contributed by atoms with van der Waals surface area (Å²) in [6, 6.07) is 3.13. The van der Waals surface area contributed by atoms with E-state index in [-0.39, 0.29) is 11.6 Å². The van der Waals surface area contributed by atoms with Gasteiger partial charge in [0, 0.05) is 18.4 Å². The average Bonchev–Trinajstić information content (AvgIpc) is 3.06. The van der Waals surface area contributed by atoms with E-state index in [1.165, 1.54) is 13.2 Å². The lowest BCUT2D eigenvalue weighted by Gasteiger charge is -2.10. The third-order valence-electron chi connectivity index (χ3n) is 2.65. The zero-order chi connectivity index (χ0) is 15.6. The molecule has 0 amide bonds. The lowest BCUT2D eigenvalue weighted by molar-refractivity contribution is -0.159. The summed E-state index contributed by atoms with van der Waals surface area (Å²) in [4.78, 5) is 16.0. The summed E-state index contributed by atoms with van der Waals surface area (Å²) in [5.74, 6) is -1.69. The molecule has 2 aromatic rings. The van der Waals surface area contributed by atoms with Crippen LogP contribution in [0.5, 0.6) is 0 Å². The van der Waals surface area contributed by atoms with E-state index >= 15 is 0 Å². The van der Waals surface area contributed by atoms with Crippen LogP contribution in [0.25, 0.3) is 10.7 Å². The van der Waals surface area contributed by atoms with Crippen molar-refractivity contribution in [3.63, 3.8) is 0 Å². The number of Topliss-reactive ketones (excluding diaryl/α,β-unsaturated/α-hetero) is 1. The van der Waals surface area contributed by atoms with E-state index < -0.39 is 18.2 Å². The molecular weight excluding hydrogens is 309 g/mol. The highest BCUT2D eigenvalue weighted by Gasteiger charge is 2.38. The fourth-order valence-corrected chi connectivity index (χ4v) is 2.68. The van der Waals surface area contributed by atoms with Gasteiger partial charge in [-0.25, -0.2) is 0 Å². The van der Waals surface area contributed by atoms with Gasteiger partial charge in [0.1, 0.15) is 6.10 Å². The molecule has 0 aromatic carbocycles. The quantitative estimate of drug-likeness (QED) is 0.844. The van der Waals surface area contributed by atoms with Crippen LogP contribution in [0, 0.1) is 0 Å². The first kappa shape index (κ1) is 15.6. The Morgan fingerprint density at radius 2 is 2.19 bits per heavy atom. The number of ether oxygens (including phenoxy) is 1. The van der Waals surface area contributed by atoms with Gasteiger partial charge in [-0.15, -0.1) is 11.3 Å². The maximum Gasteiger partial charge on any atom is 0.471 e. The number of carbonyl (C=O) groups is 1. The second-order valence-electron chi connectivity index (χ2n) is 4.06. The SMILES string of the molecule is CCC(=O)C(OC)c1ccc(-c2noc(C(F)(F)F)n2)s1. The van der Waals surface area contributed by atoms with Gasteiger partial charge in [0.15, 0.2) is 5.78 Å². The number of aromatic nitrogens is 2. The van der Waals surface area contributed by atoms with Gasteiger partial charge in [-0.3, -0.25) is 4.79 Å². The summed E-state index contributed by atoms with van der Waals surface area (Å²) >= 11 is 1.09. The molecule has 0 radical (unpaired) electrons. The highest BCUT2D eigenvalue weighted by Crippen LogP contribution is 2.34. The molecule has 1 unspecified atom stereocenters. The number of carbonyl (C=O) groups excluding carboxylic acids is 1. The van der Waals surface area contributed by atoms with Crippen LogP contribution < -0.4 is 0 Å². The maximum atomic E-state index is 12.4. The second-order valence-corrected chi connectivity index (χ2v) is 5.17. The molecule has 2 aromatic heterocycles. The van der Waals surface area contributed by atoms with Crippen molar-refractivity contribution in [2.75, 3.05) is 7.11 Å². The minimum atomic E-state index is -4.68. The Morgan fingerprint density at radius 3 is 2.71 bits per heavy atom. The van der Waals surface area contributed by atoms with Crippen molar-refractivity contribution in [3.05, 3.63) is 22.9 Å². The highest BCUT2D eigenvalue weighted by atomic mass is 32.1. The summed E-state index contributed by atoms with van der Waals surface area (Å²) in [6.45, 7) is 1.71. The minimum absolute atomic E-state index is 0.116. The molecule has 9 heteroatoms. The molecule has 1 atom stereocenters. The average molecular weight is 320 g/mol. The highest BCUT2D eigenvalue weighted by molar-refractivity contribution is 7.15. The second kappa shape index (κ2) is 5.94. The molecular formula is C12H11F3N2O3S. The lowest BCUT2D eigenvalue weighted by atomic mass is 10.1. The van der Waals surface area contributed by atoms with Crippen molar-refractivity contribution >= 4 is 17.1 Å². The molecule has 0 aliphatic rings. The number of rotatable bonds is 5. The number of methoxy groups -OCH3 is 1. The number of hydrogen-bond donors (Lipinski definition) is 0. The van der Waals surface area contributed by atoms with Gasteiger partial charge >= 0.3 is 12.1 Å². The van der Waals surface area contributed by atoms with Crippen LogP contribution in [0.1, 0.15) is 30.2 Å². The molecule has 0 spiro atoms. The van der Waals surface area contributed by atoms with E-state index in [1.807, 2.05) is 0 Å². The first-order valence-electron chi connectivity index (χ1n) is 5.93. The predicted octanol–water partition coefficient (Wildman–Crippen LogP) is 3.48. The molecule has 0 bridgehead atoms. The molecule has 0 N–H and O–H groups in total. The van der Waals surface area contributed by atoms with Crippen molar-refractivity contribution in [3.8, 4) is 10.7 Å². The smallest absolute Gasteiger partial charge is 0.368 e. The molecule has 0 aliphatic carbocycles. The van der Waals surface area contributed by atoms with Gasteiger partial charge in [-0.1, -0.05) is 12.1 Å². The monoisotopic (exact) mass is 320 g/mol. The van der Waals surface area contributed by atoms with Crippen LogP contribution >= 0.6 is 11.3 Å². The molecule has 2 heterocycles. The Morgan fingerprint density at radius 1 is 1.48 bits per heavy atom. The fraction of sp³-hybridized carbons (Fsp3) is 0.417. The number of halogens is 3. The number of nitrogens with zero attached hydrogens (tertiary/aromatic N) is 2. The van der Waals surface area contributed by atoms with Crippen molar-refractivity contribution in [2.24, 2.45) is 0 Å². The number of thiophene rings is 1. The predicted molar refractivity (Wildman–Crippen MR) is 67.7 cm³/mol. The van der Waals surface area contributed by atoms with Gasteiger partial charge in [0.25, 0.3) is 0 Å². The molecule has 0 saturated heterocycles. The molecule has 5 nitrogen and oxygen atoms in total. The van der Waals surface area contributed by atoms with E-state index in [1.54, 1.807) is 13.0 Å². The number of alkyl halides is 3. The van der Waals surface area contributed by atoms with Crippen LogP contribution in [0.4, 0.5) is 13.2 Å². The molecule has 114 valence electrons. The van der Waals surface area contributed by atoms with Crippen molar-refractivity contribution < 1.29 is 27.2 Å². The van der Waals surface area contributed by atoms with E-state index in [0.29, 0.717) is 16.2 Å². The summed E-state index contributed by atoms with van der Waals surface area (Å²) in [6.07, 6.45) is -5.12. The van der Waals surface area contributed by atoms with Crippen molar-refractivity contribution in [1.29, 1.82) is 0 Å². The third-order valence-corrected chi connectivity index (χ3v) is 3.78. The van der Waals surface area contributed by atoms with Crippen LogP contribution in [-0.4, -0.2) is 23.0 Å². The van der Waals surface area contributed by atoms with Crippen LogP contribution in [0.15, 0.2) is 16.7 Å².